The zero-order valence-electron chi connectivity index (χ0n) is 14.0. The van der Waals surface area contributed by atoms with E-state index >= 15 is 0 Å². The second kappa shape index (κ2) is 7.26. The van der Waals surface area contributed by atoms with Crippen LogP contribution in [0.3, 0.4) is 0 Å². The maximum atomic E-state index is 13.0. The zero-order valence-corrected chi connectivity index (χ0v) is 16.3. The van der Waals surface area contributed by atoms with Crippen molar-refractivity contribution in [2.24, 2.45) is 0 Å². The summed E-state index contributed by atoms with van der Waals surface area (Å²) in [4.78, 5) is 17.5. The third-order valence-corrected chi connectivity index (χ3v) is 6.34. The van der Waals surface area contributed by atoms with Gasteiger partial charge in [0.15, 0.2) is 5.13 Å². The number of nitrogens with zero attached hydrogens (tertiary/aromatic N) is 1. The quantitative estimate of drug-likeness (QED) is 0.437. The van der Waals surface area contributed by atoms with Crippen LogP contribution in [0.5, 0.6) is 5.75 Å². The Labute approximate surface area is 167 Å². The predicted molar refractivity (Wildman–Crippen MR) is 109 cm³/mol. The van der Waals surface area contributed by atoms with E-state index < -0.39 is 0 Å². The number of thiophene rings is 1. The molecular formula is C19H12ClFN2O2S2. The van der Waals surface area contributed by atoms with E-state index in [4.69, 9.17) is 16.3 Å². The second-order valence-corrected chi connectivity index (χ2v) is 7.89. The molecule has 1 N–H and O–H groups in total. The molecule has 2 aromatic heterocycles. The Balaban J connectivity index is 1.58. The van der Waals surface area contributed by atoms with E-state index in [1.165, 1.54) is 34.8 Å². The van der Waals surface area contributed by atoms with Crippen molar-refractivity contribution >= 4 is 55.4 Å². The minimum Gasteiger partial charge on any atom is -0.497 e. The molecule has 0 fully saturated rings. The third kappa shape index (κ3) is 3.53. The van der Waals surface area contributed by atoms with Gasteiger partial charge in [0, 0.05) is 21.0 Å². The standard InChI is InChI=1S/C19H12ClFN2O2S2/c1-25-12-6-7-15-13(8-12)16(20)17(27-15)18(24)23-19-22-14(9-26-19)10-2-4-11(21)5-3-10/h2-9H,1H3,(H,22,23,24). The molecule has 4 aromatic rings. The number of nitrogens with one attached hydrogen (secondary N) is 1. The maximum absolute atomic E-state index is 13.0. The first-order chi connectivity index (χ1) is 13.0. The van der Waals surface area contributed by atoms with Gasteiger partial charge in [0.25, 0.3) is 5.91 Å². The Bertz CT molecular complexity index is 1140. The lowest BCUT2D eigenvalue weighted by Gasteiger charge is -2.00. The molecule has 0 aliphatic heterocycles. The summed E-state index contributed by atoms with van der Waals surface area (Å²) in [5.74, 6) is 0.0525. The Morgan fingerprint density at radius 3 is 2.74 bits per heavy atom. The molecule has 0 unspecified atom stereocenters. The van der Waals surface area contributed by atoms with Crippen LogP contribution >= 0.6 is 34.3 Å². The van der Waals surface area contributed by atoms with Gasteiger partial charge in [0.1, 0.15) is 16.4 Å². The Morgan fingerprint density at radius 1 is 1.22 bits per heavy atom. The van der Waals surface area contributed by atoms with Crippen molar-refractivity contribution < 1.29 is 13.9 Å². The Hall–Kier alpha value is -2.48. The van der Waals surface area contributed by atoms with Gasteiger partial charge in [-0.05, 0) is 42.5 Å². The van der Waals surface area contributed by atoms with E-state index in [2.05, 4.69) is 10.3 Å². The van der Waals surface area contributed by atoms with Crippen molar-refractivity contribution in [2.75, 3.05) is 12.4 Å². The van der Waals surface area contributed by atoms with Gasteiger partial charge in [-0.3, -0.25) is 10.1 Å². The van der Waals surface area contributed by atoms with E-state index in [9.17, 15) is 9.18 Å². The number of thiazole rings is 1. The molecule has 0 bridgehead atoms. The van der Waals surface area contributed by atoms with Gasteiger partial charge in [0.2, 0.25) is 0 Å². The Morgan fingerprint density at radius 2 is 2.00 bits per heavy atom. The normalized spacial score (nSPS) is 10.9. The summed E-state index contributed by atoms with van der Waals surface area (Å²) in [6, 6.07) is 11.5. The van der Waals surface area contributed by atoms with Crippen LogP contribution in [-0.4, -0.2) is 18.0 Å². The van der Waals surface area contributed by atoms with Crippen LogP contribution in [0.4, 0.5) is 9.52 Å². The molecule has 0 saturated carbocycles. The molecule has 0 spiro atoms. The number of ether oxygens (including phenoxy) is 1. The van der Waals surface area contributed by atoms with Gasteiger partial charge in [-0.15, -0.1) is 22.7 Å². The highest BCUT2D eigenvalue weighted by Gasteiger charge is 2.19. The number of halogens is 2. The molecular weight excluding hydrogens is 407 g/mol. The number of hydrogen-bond acceptors (Lipinski definition) is 5. The molecule has 0 radical (unpaired) electrons. The number of benzene rings is 2. The van der Waals surface area contributed by atoms with Crippen LogP contribution in [-0.2, 0) is 0 Å². The van der Waals surface area contributed by atoms with Crippen LogP contribution in [0, 0.1) is 5.82 Å². The number of amides is 1. The molecule has 2 aromatic carbocycles. The van der Waals surface area contributed by atoms with Gasteiger partial charge in [-0.2, -0.15) is 0 Å². The average Bonchev–Trinajstić information content (AvgIpc) is 3.27. The molecule has 27 heavy (non-hydrogen) atoms. The Kier molecular flexibility index (Phi) is 4.82. The highest BCUT2D eigenvalue weighted by Crippen LogP contribution is 2.38. The summed E-state index contributed by atoms with van der Waals surface area (Å²) < 4.78 is 19.2. The highest BCUT2D eigenvalue weighted by atomic mass is 35.5. The first-order valence-electron chi connectivity index (χ1n) is 7.84. The van der Waals surface area contributed by atoms with Crippen LogP contribution in [0.2, 0.25) is 5.02 Å². The van der Waals surface area contributed by atoms with Crippen LogP contribution < -0.4 is 10.1 Å². The molecule has 4 rings (SSSR count). The summed E-state index contributed by atoms with van der Waals surface area (Å²) in [7, 11) is 1.58. The lowest BCUT2D eigenvalue weighted by molar-refractivity contribution is 0.103. The van der Waals surface area contributed by atoms with Crippen LogP contribution in [0.25, 0.3) is 21.3 Å². The first-order valence-corrected chi connectivity index (χ1v) is 9.91. The number of hydrogen-bond donors (Lipinski definition) is 1. The van der Waals surface area contributed by atoms with Gasteiger partial charge >= 0.3 is 0 Å². The van der Waals surface area contributed by atoms with E-state index in [-0.39, 0.29) is 11.7 Å². The van der Waals surface area contributed by atoms with Gasteiger partial charge in [-0.1, -0.05) is 11.6 Å². The number of methoxy groups -OCH3 is 1. The van der Waals surface area contributed by atoms with E-state index in [0.717, 1.165) is 15.6 Å². The third-order valence-electron chi connectivity index (χ3n) is 3.91. The minimum absolute atomic E-state index is 0.307. The SMILES string of the molecule is COc1ccc2sc(C(=O)Nc3nc(-c4ccc(F)cc4)cs3)c(Cl)c2c1. The van der Waals surface area contributed by atoms with Crippen molar-refractivity contribution in [3.8, 4) is 17.0 Å². The molecule has 8 heteroatoms. The molecule has 136 valence electrons. The lowest BCUT2D eigenvalue weighted by Crippen LogP contribution is -2.10. The van der Waals surface area contributed by atoms with Crippen LogP contribution in [0.1, 0.15) is 9.67 Å². The number of fused-ring (bicyclic) bond motifs is 1. The second-order valence-electron chi connectivity index (χ2n) is 5.61. The number of rotatable bonds is 4. The van der Waals surface area contributed by atoms with Crippen LogP contribution in [0.15, 0.2) is 47.8 Å². The van der Waals surface area contributed by atoms with E-state index in [0.29, 0.717) is 26.5 Å². The summed E-state index contributed by atoms with van der Waals surface area (Å²) in [6.45, 7) is 0. The fourth-order valence-electron chi connectivity index (χ4n) is 2.56. The molecule has 0 atom stereocenters. The maximum Gasteiger partial charge on any atom is 0.269 e. The average molecular weight is 419 g/mol. The van der Waals surface area contributed by atoms with Gasteiger partial charge in [0.05, 0.1) is 17.8 Å². The van der Waals surface area contributed by atoms with E-state index in [1.54, 1.807) is 30.7 Å². The fraction of sp³-hybridized carbons (Fsp3) is 0.0526. The molecule has 0 aliphatic rings. The largest absolute Gasteiger partial charge is 0.497 e. The fourth-order valence-corrected chi connectivity index (χ4v) is 4.66. The highest BCUT2D eigenvalue weighted by molar-refractivity contribution is 7.22. The minimum atomic E-state index is -0.319. The summed E-state index contributed by atoms with van der Waals surface area (Å²) in [6.07, 6.45) is 0. The molecule has 0 saturated heterocycles. The van der Waals surface area contributed by atoms with Crippen molar-refractivity contribution in [2.45, 2.75) is 0 Å². The van der Waals surface area contributed by atoms with Crippen molar-refractivity contribution in [1.82, 2.24) is 4.98 Å². The van der Waals surface area contributed by atoms with Crippen molar-refractivity contribution in [1.29, 1.82) is 0 Å². The lowest BCUT2D eigenvalue weighted by atomic mass is 10.2. The van der Waals surface area contributed by atoms with Gasteiger partial charge < -0.3 is 4.74 Å². The summed E-state index contributed by atoms with van der Waals surface area (Å²) in [5, 5.41) is 6.20. The van der Waals surface area contributed by atoms with Crippen molar-refractivity contribution in [3.63, 3.8) is 0 Å². The molecule has 2 heterocycles. The van der Waals surface area contributed by atoms with Gasteiger partial charge in [-0.25, -0.2) is 9.37 Å². The smallest absolute Gasteiger partial charge is 0.269 e. The summed E-state index contributed by atoms with van der Waals surface area (Å²) >= 11 is 9.01. The van der Waals surface area contributed by atoms with Crippen molar-refractivity contribution in [3.05, 3.63) is 63.6 Å². The monoisotopic (exact) mass is 418 g/mol. The molecule has 4 nitrogen and oxygen atoms in total. The first kappa shape index (κ1) is 17.9. The number of anilines is 1. The van der Waals surface area contributed by atoms with E-state index in [1.807, 2.05) is 12.1 Å². The summed E-state index contributed by atoms with van der Waals surface area (Å²) in [5.41, 5.74) is 1.45. The molecule has 1 amide bonds. The molecule has 0 aliphatic carbocycles. The zero-order chi connectivity index (χ0) is 19.0. The topological polar surface area (TPSA) is 51.2 Å². The number of carbonyl (C=O) groups is 1. The number of aromatic nitrogens is 1. The number of carbonyl (C=O) groups excluding carboxylic acids is 1. The predicted octanol–water partition coefficient (Wildman–Crippen LogP) is 6.08.